The molecule has 0 aliphatic carbocycles. The third kappa shape index (κ3) is 3.00. The molecule has 1 aliphatic rings. The van der Waals surface area contributed by atoms with Crippen molar-refractivity contribution in [2.24, 2.45) is 0 Å². The number of ether oxygens (including phenoxy) is 1. The minimum absolute atomic E-state index is 0.261. The lowest BCUT2D eigenvalue weighted by molar-refractivity contribution is 0.0663. The van der Waals surface area contributed by atoms with Crippen LogP contribution in [0.1, 0.15) is 38.4 Å². The van der Waals surface area contributed by atoms with Crippen molar-refractivity contribution in [2.75, 3.05) is 24.6 Å². The molecular formula is C14H22N2O2. The summed E-state index contributed by atoms with van der Waals surface area (Å²) in [7, 11) is 0. The number of pyridine rings is 1. The zero-order valence-corrected chi connectivity index (χ0v) is 11.2. The fourth-order valence-electron chi connectivity index (χ4n) is 2.33. The fourth-order valence-corrected chi connectivity index (χ4v) is 2.33. The Morgan fingerprint density at radius 3 is 3.17 bits per heavy atom. The van der Waals surface area contributed by atoms with Crippen molar-refractivity contribution < 1.29 is 9.84 Å². The third-order valence-corrected chi connectivity index (χ3v) is 3.37. The minimum Gasteiger partial charge on any atom is -0.389 e. The van der Waals surface area contributed by atoms with Gasteiger partial charge in [-0.2, -0.15) is 0 Å². The van der Waals surface area contributed by atoms with Crippen LogP contribution < -0.4 is 4.90 Å². The molecule has 2 rings (SSSR count). The van der Waals surface area contributed by atoms with E-state index in [4.69, 9.17) is 4.74 Å². The van der Waals surface area contributed by atoms with Crippen LogP contribution in [-0.4, -0.2) is 35.9 Å². The lowest BCUT2D eigenvalue weighted by Crippen LogP contribution is -2.32. The van der Waals surface area contributed by atoms with E-state index in [1.807, 2.05) is 12.1 Å². The van der Waals surface area contributed by atoms with Gasteiger partial charge in [-0.3, -0.25) is 0 Å². The van der Waals surface area contributed by atoms with Crippen LogP contribution in [0.4, 0.5) is 5.82 Å². The molecule has 0 aromatic carbocycles. The third-order valence-electron chi connectivity index (χ3n) is 3.37. The Labute approximate surface area is 109 Å². The minimum atomic E-state index is -0.488. The van der Waals surface area contributed by atoms with Gasteiger partial charge in [-0.15, -0.1) is 0 Å². The predicted molar refractivity (Wildman–Crippen MR) is 71.7 cm³/mol. The number of hydrogen-bond acceptors (Lipinski definition) is 4. The lowest BCUT2D eigenvalue weighted by atomic mass is 10.1. The summed E-state index contributed by atoms with van der Waals surface area (Å²) in [5.41, 5.74) is 0.897. The molecule has 0 bridgehead atoms. The molecule has 1 aromatic rings. The van der Waals surface area contributed by atoms with Crippen molar-refractivity contribution in [1.29, 1.82) is 0 Å². The first-order valence-corrected chi connectivity index (χ1v) is 6.72. The molecule has 0 radical (unpaired) electrons. The van der Waals surface area contributed by atoms with Crippen molar-refractivity contribution in [3.63, 3.8) is 0 Å². The first-order chi connectivity index (χ1) is 8.72. The highest BCUT2D eigenvalue weighted by molar-refractivity contribution is 5.48. The number of anilines is 1. The van der Waals surface area contributed by atoms with Gasteiger partial charge in [-0.25, -0.2) is 4.98 Å². The van der Waals surface area contributed by atoms with Crippen LogP contribution in [0, 0.1) is 0 Å². The van der Waals surface area contributed by atoms with Crippen LogP contribution in [0.5, 0.6) is 0 Å². The molecule has 1 aromatic heterocycles. The molecule has 0 amide bonds. The van der Waals surface area contributed by atoms with Crippen LogP contribution in [-0.2, 0) is 4.74 Å². The summed E-state index contributed by atoms with van der Waals surface area (Å²) in [6.07, 6.45) is 3.57. The summed E-state index contributed by atoms with van der Waals surface area (Å²) in [5.74, 6) is 0.899. The van der Waals surface area contributed by atoms with Crippen molar-refractivity contribution >= 4 is 5.82 Å². The SMILES string of the molecule is CCC1CN(c2ncccc2[C@@H](C)O)CCCO1. The second kappa shape index (κ2) is 6.16. The monoisotopic (exact) mass is 250 g/mol. The van der Waals surface area contributed by atoms with Gasteiger partial charge in [0.15, 0.2) is 0 Å². The highest BCUT2D eigenvalue weighted by Gasteiger charge is 2.21. The zero-order valence-electron chi connectivity index (χ0n) is 11.2. The second-order valence-electron chi connectivity index (χ2n) is 4.79. The topological polar surface area (TPSA) is 45.6 Å². The van der Waals surface area contributed by atoms with Gasteiger partial charge in [-0.05, 0) is 25.8 Å². The highest BCUT2D eigenvalue weighted by atomic mass is 16.5. The molecule has 1 fully saturated rings. The number of nitrogens with zero attached hydrogens (tertiary/aromatic N) is 2. The van der Waals surface area contributed by atoms with E-state index in [0.717, 1.165) is 43.9 Å². The van der Waals surface area contributed by atoms with E-state index in [-0.39, 0.29) is 6.10 Å². The van der Waals surface area contributed by atoms with Crippen LogP contribution in [0.2, 0.25) is 0 Å². The summed E-state index contributed by atoms with van der Waals surface area (Å²) >= 11 is 0. The largest absolute Gasteiger partial charge is 0.389 e. The average Bonchev–Trinajstić information content (AvgIpc) is 2.64. The zero-order chi connectivity index (χ0) is 13.0. The number of aromatic nitrogens is 1. The van der Waals surface area contributed by atoms with Crippen LogP contribution in [0.3, 0.4) is 0 Å². The normalized spacial score (nSPS) is 22.6. The maximum atomic E-state index is 9.83. The van der Waals surface area contributed by atoms with Gasteiger partial charge in [0, 0.05) is 31.5 Å². The molecule has 4 heteroatoms. The van der Waals surface area contributed by atoms with Crippen LogP contribution in [0.15, 0.2) is 18.3 Å². The number of aliphatic hydroxyl groups excluding tert-OH is 1. The Morgan fingerprint density at radius 2 is 2.44 bits per heavy atom. The summed E-state index contributed by atoms with van der Waals surface area (Å²) in [6, 6.07) is 3.82. The molecule has 100 valence electrons. The van der Waals surface area contributed by atoms with Crippen molar-refractivity contribution in [3.05, 3.63) is 23.9 Å². The van der Waals surface area contributed by atoms with Gasteiger partial charge in [0.25, 0.3) is 0 Å². The van der Waals surface area contributed by atoms with E-state index >= 15 is 0 Å². The lowest BCUT2D eigenvalue weighted by Gasteiger charge is -2.27. The Bertz CT molecular complexity index is 382. The molecule has 18 heavy (non-hydrogen) atoms. The molecule has 1 N–H and O–H groups in total. The maximum Gasteiger partial charge on any atom is 0.134 e. The maximum absolute atomic E-state index is 9.83. The number of hydrogen-bond donors (Lipinski definition) is 1. The summed E-state index contributed by atoms with van der Waals surface area (Å²) in [4.78, 5) is 6.68. The summed E-state index contributed by atoms with van der Waals surface area (Å²) in [5, 5.41) is 9.83. The Hall–Kier alpha value is -1.13. The average molecular weight is 250 g/mol. The van der Waals surface area contributed by atoms with Gasteiger partial charge < -0.3 is 14.7 Å². The Morgan fingerprint density at radius 1 is 1.61 bits per heavy atom. The molecule has 2 heterocycles. The van der Waals surface area contributed by atoms with Crippen molar-refractivity contribution in [3.8, 4) is 0 Å². The molecule has 1 saturated heterocycles. The first kappa shape index (κ1) is 13.3. The van der Waals surface area contributed by atoms with Gasteiger partial charge in [-0.1, -0.05) is 13.0 Å². The smallest absolute Gasteiger partial charge is 0.134 e. The van der Waals surface area contributed by atoms with Gasteiger partial charge >= 0.3 is 0 Å². The summed E-state index contributed by atoms with van der Waals surface area (Å²) < 4.78 is 5.77. The Balaban J connectivity index is 2.23. The molecule has 1 aliphatic heterocycles. The van der Waals surface area contributed by atoms with E-state index in [9.17, 15) is 5.11 Å². The molecule has 4 nitrogen and oxygen atoms in total. The van der Waals surface area contributed by atoms with E-state index in [0.29, 0.717) is 0 Å². The van der Waals surface area contributed by atoms with Crippen molar-refractivity contribution in [2.45, 2.75) is 38.9 Å². The number of rotatable bonds is 3. The van der Waals surface area contributed by atoms with E-state index in [1.165, 1.54) is 0 Å². The van der Waals surface area contributed by atoms with Crippen LogP contribution >= 0.6 is 0 Å². The predicted octanol–water partition coefficient (Wildman–Crippen LogP) is 2.14. The second-order valence-corrected chi connectivity index (χ2v) is 4.79. The number of aliphatic hydroxyl groups is 1. The quantitative estimate of drug-likeness (QED) is 0.892. The van der Waals surface area contributed by atoms with Gasteiger partial charge in [0.1, 0.15) is 5.82 Å². The molecular weight excluding hydrogens is 228 g/mol. The van der Waals surface area contributed by atoms with Crippen molar-refractivity contribution in [1.82, 2.24) is 4.98 Å². The summed E-state index contributed by atoms with van der Waals surface area (Å²) in [6.45, 7) is 6.53. The van der Waals surface area contributed by atoms with E-state index in [1.54, 1.807) is 13.1 Å². The highest BCUT2D eigenvalue weighted by Crippen LogP contribution is 2.25. The Kier molecular flexibility index (Phi) is 4.55. The van der Waals surface area contributed by atoms with E-state index in [2.05, 4.69) is 16.8 Å². The fraction of sp³-hybridized carbons (Fsp3) is 0.643. The molecule has 0 spiro atoms. The molecule has 2 atom stereocenters. The van der Waals surface area contributed by atoms with Gasteiger partial charge in [0.2, 0.25) is 0 Å². The van der Waals surface area contributed by atoms with E-state index < -0.39 is 6.10 Å². The standard InChI is InChI=1S/C14H22N2O2/c1-3-12-10-16(8-5-9-18-12)14-13(11(2)17)6-4-7-15-14/h4,6-7,11-12,17H,3,5,8-10H2,1-2H3/t11-,12?/m1/s1. The first-order valence-electron chi connectivity index (χ1n) is 6.72. The van der Waals surface area contributed by atoms with Gasteiger partial charge in [0.05, 0.1) is 12.2 Å². The molecule has 0 saturated carbocycles. The molecule has 1 unspecified atom stereocenters. The van der Waals surface area contributed by atoms with Crippen LogP contribution in [0.25, 0.3) is 0 Å².